The normalized spacial score (nSPS) is 10.3. The van der Waals surface area contributed by atoms with Gasteiger partial charge in [0.2, 0.25) is 0 Å². The molecule has 0 saturated carbocycles. The molecular formula is C23H25N3O3. The fraction of sp³-hybridized carbons (Fsp3) is 0.217. The number of aryl methyl sites for hydroxylation is 1. The van der Waals surface area contributed by atoms with Crippen molar-refractivity contribution in [2.75, 3.05) is 19.5 Å². The van der Waals surface area contributed by atoms with Crippen LogP contribution in [-0.2, 0) is 13.1 Å². The largest absolute Gasteiger partial charge is 0.493 e. The van der Waals surface area contributed by atoms with Gasteiger partial charge in [0.15, 0.2) is 11.5 Å². The molecule has 2 N–H and O–H groups in total. The van der Waals surface area contributed by atoms with E-state index in [4.69, 9.17) is 9.47 Å². The first-order valence-corrected chi connectivity index (χ1v) is 9.33. The Hall–Kier alpha value is -3.54. The minimum Gasteiger partial charge on any atom is -0.493 e. The molecule has 0 spiro atoms. The summed E-state index contributed by atoms with van der Waals surface area (Å²) in [4.78, 5) is 16.7. The molecule has 0 saturated heterocycles. The van der Waals surface area contributed by atoms with Crippen molar-refractivity contribution in [2.24, 2.45) is 0 Å². The van der Waals surface area contributed by atoms with Gasteiger partial charge in [0.05, 0.1) is 25.5 Å². The molecule has 0 atom stereocenters. The SMILES string of the molecule is COc1ccc(CNc2cncc(C(=O)NCc3ccccc3C)c2)cc1OC. The minimum absolute atomic E-state index is 0.157. The Morgan fingerprint density at radius 3 is 2.52 bits per heavy atom. The van der Waals surface area contributed by atoms with Crippen LogP contribution in [0, 0.1) is 6.92 Å². The minimum atomic E-state index is -0.157. The first kappa shape index (κ1) is 20.2. The average Bonchev–Trinajstić information content (AvgIpc) is 2.76. The van der Waals surface area contributed by atoms with Gasteiger partial charge < -0.3 is 20.1 Å². The highest BCUT2D eigenvalue weighted by Crippen LogP contribution is 2.27. The number of hydrogen-bond donors (Lipinski definition) is 2. The van der Waals surface area contributed by atoms with Gasteiger partial charge in [0.25, 0.3) is 5.91 Å². The van der Waals surface area contributed by atoms with E-state index in [0.29, 0.717) is 30.2 Å². The maximum Gasteiger partial charge on any atom is 0.253 e. The first-order chi connectivity index (χ1) is 14.1. The lowest BCUT2D eigenvalue weighted by Crippen LogP contribution is -2.23. The van der Waals surface area contributed by atoms with Crippen LogP contribution in [0.15, 0.2) is 60.9 Å². The highest BCUT2D eigenvalue weighted by molar-refractivity contribution is 5.94. The molecule has 0 fully saturated rings. The van der Waals surface area contributed by atoms with Crippen LogP contribution in [0.5, 0.6) is 11.5 Å². The summed E-state index contributed by atoms with van der Waals surface area (Å²) in [6.45, 7) is 3.08. The summed E-state index contributed by atoms with van der Waals surface area (Å²) in [5, 5.41) is 6.24. The van der Waals surface area contributed by atoms with Crippen molar-refractivity contribution in [3.63, 3.8) is 0 Å². The zero-order valence-corrected chi connectivity index (χ0v) is 16.9. The predicted molar refractivity (Wildman–Crippen MR) is 113 cm³/mol. The van der Waals surface area contributed by atoms with Gasteiger partial charge in [-0.1, -0.05) is 30.3 Å². The second kappa shape index (κ2) is 9.59. The average molecular weight is 391 g/mol. The van der Waals surface area contributed by atoms with Crippen LogP contribution in [-0.4, -0.2) is 25.1 Å². The fourth-order valence-corrected chi connectivity index (χ4v) is 2.94. The molecule has 6 heteroatoms. The summed E-state index contributed by atoms with van der Waals surface area (Å²) in [5.74, 6) is 1.20. The highest BCUT2D eigenvalue weighted by Gasteiger charge is 2.09. The molecule has 150 valence electrons. The van der Waals surface area contributed by atoms with Gasteiger partial charge in [-0.25, -0.2) is 0 Å². The molecule has 1 aromatic heterocycles. The van der Waals surface area contributed by atoms with Gasteiger partial charge in [0, 0.05) is 25.5 Å². The number of pyridine rings is 1. The van der Waals surface area contributed by atoms with Gasteiger partial charge in [-0.05, 0) is 41.8 Å². The van der Waals surface area contributed by atoms with E-state index in [-0.39, 0.29) is 5.91 Å². The topological polar surface area (TPSA) is 72.5 Å². The number of amides is 1. The van der Waals surface area contributed by atoms with Crippen molar-refractivity contribution in [2.45, 2.75) is 20.0 Å². The van der Waals surface area contributed by atoms with Crippen molar-refractivity contribution in [3.05, 3.63) is 83.2 Å². The van der Waals surface area contributed by atoms with Gasteiger partial charge >= 0.3 is 0 Å². The van der Waals surface area contributed by atoms with E-state index in [1.165, 1.54) is 0 Å². The van der Waals surface area contributed by atoms with E-state index >= 15 is 0 Å². The number of rotatable bonds is 8. The molecule has 3 aromatic rings. The molecular weight excluding hydrogens is 366 g/mol. The van der Waals surface area contributed by atoms with Gasteiger partial charge in [-0.15, -0.1) is 0 Å². The number of ether oxygens (including phenoxy) is 2. The van der Waals surface area contributed by atoms with Crippen molar-refractivity contribution in [1.29, 1.82) is 0 Å². The smallest absolute Gasteiger partial charge is 0.253 e. The Morgan fingerprint density at radius 1 is 0.966 bits per heavy atom. The Morgan fingerprint density at radius 2 is 1.76 bits per heavy atom. The number of nitrogens with one attached hydrogen (secondary N) is 2. The van der Waals surface area contributed by atoms with Crippen molar-refractivity contribution >= 4 is 11.6 Å². The second-order valence-electron chi connectivity index (χ2n) is 6.61. The Kier molecular flexibility index (Phi) is 6.68. The summed E-state index contributed by atoms with van der Waals surface area (Å²) < 4.78 is 10.6. The molecule has 2 aromatic carbocycles. The van der Waals surface area contributed by atoms with E-state index < -0.39 is 0 Å². The van der Waals surface area contributed by atoms with Crippen molar-refractivity contribution in [3.8, 4) is 11.5 Å². The third-order valence-electron chi connectivity index (χ3n) is 4.65. The number of carbonyl (C=O) groups is 1. The predicted octanol–water partition coefficient (Wildman–Crippen LogP) is 3.95. The number of methoxy groups -OCH3 is 2. The summed E-state index contributed by atoms with van der Waals surface area (Å²) in [5.41, 5.74) is 4.55. The molecule has 0 aliphatic rings. The molecule has 0 aliphatic heterocycles. The lowest BCUT2D eigenvalue weighted by Gasteiger charge is -2.12. The number of nitrogens with zero attached hydrogens (tertiary/aromatic N) is 1. The van der Waals surface area contributed by atoms with E-state index in [1.807, 2.05) is 49.4 Å². The summed E-state index contributed by atoms with van der Waals surface area (Å²) in [6, 6.07) is 15.5. The van der Waals surface area contributed by atoms with Crippen molar-refractivity contribution in [1.82, 2.24) is 10.3 Å². The third kappa shape index (κ3) is 5.25. The van der Waals surface area contributed by atoms with Gasteiger partial charge in [-0.3, -0.25) is 9.78 Å². The van der Waals surface area contributed by atoms with Gasteiger partial charge in [0.1, 0.15) is 0 Å². The molecule has 0 bridgehead atoms. The number of carbonyl (C=O) groups excluding carboxylic acids is 1. The zero-order chi connectivity index (χ0) is 20.6. The van der Waals surface area contributed by atoms with E-state index in [1.54, 1.807) is 32.7 Å². The highest BCUT2D eigenvalue weighted by atomic mass is 16.5. The van der Waals surface area contributed by atoms with Crippen LogP contribution in [0.1, 0.15) is 27.0 Å². The Labute approximate surface area is 170 Å². The number of anilines is 1. The van der Waals surface area contributed by atoms with Crippen LogP contribution in [0.3, 0.4) is 0 Å². The van der Waals surface area contributed by atoms with Crippen LogP contribution in [0.25, 0.3) is 0 Å². The van der Waals surface area contributed by atoms with Crippen molar-refractivity contribution < 1.29 is 14.3 Å². The Bertz CT molecular complexity index is 989. The molecule has 6 nitrogen and oxygen atoms in total. The number of hydrogen-bond acceptors (Lipinski definition) is 5. The quantitative estimate of drug-likeness (QED) is 0.608. The lowest BCUT2D eigenvalue weighted by molar-refractivity contribution is 0.0950. The fourth-order valence-electron chi connectivity index (χ4n) is 2.94. The monoisotopic (exact) mass is 391 g/mol. The summed E-state index contributed by atoms with van der Waals surface area (Å²) in [6.07, 6.45) is 3.26. The summed E-state index contributed by atoms with van der Waals surface area (Å²) in [7, 11) is 3.22. The molecule has 0 radical (unpaired) electrons. The number of benzene rings is 2. The van der Waals surface area contributed by atoms with Crippen LogP contribution in [0.2, 0.25) is 0 Å². The van der Waals surface area contributed by atoms with E-state index in [2.05, 4.69) is 15.6 Å². The first-order valence-electron chi connectivity index (χ1n) is 9.33. The molecule has 0 unspecified atom stereocenters. The van der Waals surface area contributed by atoms with Gasteiger partial charge in [-0.2, -0.15) is 0 Å². The molecule has 1 heterocycles. The maximum atomic E-state index is 12.5. The third-order valence-corrected chi connectivity index (χ3v) is 4.65. The van der Waals surface area contributed by atoms with Crippen LogP contribution < -0.4 is 20.1 Å². The standard InChI is InChI=1S/C23H25N3O3/c1-16-6-4-5-7-18(16)14-26-23(27)19-11-20(15-24-13-19)25-12-17-8-9-21(28-2)22(10-17)29-3/h4-11,13,15,25H,12,14H2,1-3H3,(H,26,27). The molecule has 3 rings (SSSR count). The summed E-state index contributed by atoms with van der Waals surface area (Å²) >= 11 is 0. The zero-order valence-electron chi connectivity index (χ0n) is 16.9. The second-order valence-corrected chi connectivity index (χ2v) is 6.61. The molecule has 29 heavy (non-hydrogen) atoms. The van der Waals surface area contributed by atoms with E-state index in [0.717, 1.165) is 22.4 Å². The van der Waals surface area contributed by atoms with E-state index in [9.17, 15) is 4.79 Å². The lowest BCUT2D eigenvalue weighted by atomic mass is 10.1. The Balaban J connectivity index is 1.62. The van der Waals surface area contributed by atoms with Crippen LogP contribution in [0.4, 0.5) is 5.69 Å². The maximum absolute atomic E-state index is 12.5. The molecule has 1 amide bonds. The molecule has 0 aliphatic carbocycles. The van der Waals surface area contributed by atoms with Crippen LogP contribution >= 0.6 is 0 Å². The number of aromatic nitrogens is 1.